The topological polar surface area (TPSA) is 64.4 Å². The van der Waals surface area contributed by atoms with Crippen molar-refractivity contribution < 1.29 is 9.76 Å². The molecular weight excluding hydrogens is 232 g/mol. The van der Waals surface area contributed by atoms with E-state index in [9.17, 15) is 10.1 Å². The number of nitrogens with one attached hydrogen (secondary N) is 1. The predicted octanol–water partition coefficient (Wildman–Crippen LogP) is 3.14. The van der Waals surface area contributed by atoms with E-state index in [1.54, 1.807) is 18.2 Å². The molecule has 2 aromatic carbocycles. The van der Waals surface area contributed by atoms with Gasteiger partial charge in [-0.15, -0.1) is 0 Å². The number of hydrogen-bond acceptors (Lipinski definition) is 4. The molecule has 0 aliphatic rings. The lowest BCUT2D eigenvalue weighted by Gasteiger charge is -2.07. The summed E-state index contributed by atoms with van der Waals surface area (Å²) in [5.41, 5.74) is 3.93. The second kappa shape index (κ2) is 5.79. The van der Waals surface area contributed by atoms with Gasteiger partial charge in [0, 0.05) is 6.07 Å². The van der Waals surface area contributed by atoms with Crippen LogP contribution in [0.25, 0.3) is 0 Å². The zero-order chi connectivity index (χ0) is 12.8. The average Bonchev–Trinajstić information content (AvgIpc) is 2.40. The van der Waals surface area contributed by atoms with Gasteiger partial charge < -0.3 is 0 Å². The Hall–Kier alpha value is -2.40. The van der Waals surface area contributed by atoms with Gasteiger partial charge in [0.1, 0.15) is 5.69 Å². The molecule has 0 saturated carbocycles. The van der Waals surface area contributed by atoms with E-state index in [1.165, 1.54) is 6.07 Å². The maximum atomic E-state index is 10.8. The van der Waals surface area contributed by atoms with Crippen molar-refractivity contribution in [2.24, 2.45) is 0 Å². The summed E-state index contributed by atoms with van der Waals surface area (Å²) in [6, 6.07) is 15.9. The molecule has 2 rings (SSSR count). The first kappa shape index (κ1) is 12.1. The van der Waals surface area contributed by atoms with Crippen LogP contribution in [0.3, 0.4) is 0 Å². The second-order valence-electron chi connectivity index (χ2n) is 3.65. The van der Waals surface area contributed by atoms with Crippen LogP contribution in [0, 0.1) is 10.1 Å². The van der Waals surface area contributed by atoms with Crippen LogP contribution < -0.4 is 5.48 Å². The molecule has 0 aromatic heterocycles. The molecule has 0 spiro atoms. The summed E-state index contributed by atoms with van der Waals surface area (Å²) in [7, 11) is 0. The van der Waals surface area contributed by atoms with E-state index in [4.69, 9.17) is 4.84 Å². The minimum atomic E-state index is -0.450. The Balaban J connectivity index is 1.97. The Labute approximate surface area is 104 Å². The van der Waals surface area contributed by atoms with Crippen LogP contribution in [-0.2, 0) is 11.4 Å². The van der Waals surface area contributed by atoms with Gasteiger partial charge in [-0.25, -0.2) is 0 Å². The molecule has 92 valence electrons. The fourth-order valence-electron chi connectivity index (χ4n) is 1.49. The molecule has 0 unspecified atom stereocenters. The van der Waals surface area contributed by atoms with Gasteiger partial charge in [-0.1, -0.05) is 42.5 Å². The fraction of sp³-hybridized carbons (Fsp3) is 0.0769. The van der Waals surface area contributed by atoms with E-state index in [0.29, 0.717) is 12.3 Å². The molecule has 18 heavy (non-hydrogen) atoms. The maximum Gasteiger partial charge on any atom is 0.294 e. The Kier molecular flexibility index (Phi) is 3.88. The third kappa shape index (κ3) is 3.05. The lowest BCUT2D eigenvalue weighted by molar-refractivity contribution is -0.384. The van der Waals surface area contributed by atoms with E-state index in [0.717, 1.165) is 5.56 Å². The van der Waals surface area contributed by atoms with Crippen LogP contribution in [0.4, 0.5) is 11.4 Å². The summed E-state index contributed by atoms with van der Waals surface area (Å²) in [5.74, 6) is 0. The summed E-state index contributed by atoms with van der Waals surface area (Å²) >= 11 is 0. The molecule has 0 amide bonds. The van der Waals surface area contributed by atoms with E-state index < -0.39 is 4.92 Å². The number of benzene rings is 2. The lowest BCUT2D eigenvalue weighted by atomic mass is 10.2. The smallest absolute Gasteiger partial charge is 0.271 e. The largest absolute Gasteiger partial charge is 0.294 e. The third-order valence-corrected chi connectivity index (χ3v) is 2.36. The van der Waals surface area contributed by atoms with Crippen LogP contribution in [0.5, 0.6) is 0 Å². The molecule has 0 aliphatic carbocycles. The van der Waals surface area contributed by atoms with Crippen molar-refractivity contribution >= 4 is 11.4 Å². The quantitative estimate of drug-likeness (QED) is 0.648. The molecule has 0 fully saturated rings. The molecule has 0 atom stereocenters. The van der Waals surface area contributed by atoms with Gasteiger partial charge in [0.25, 0.3) is 5.69 Å². The SMILES string of the molecule is O=[N+]([O-])c1ccccc1NOCc1ccccc1. The molecule has 5 nitrogen and oxygen atoms in total. The van der Waals surface area contributed by atoms with Gasteiger partial charge >= 0.3 is 0 Å². The lowest BCUT2D eigenvalue weighted by Crippen LogP contribution is -2.03. The Bertz CT molecular complexity index is 529. The van der Waals surface area contributed by atoms with Crippen molar-refractivity contribution in [1.29, 1.82) is 0 Å². The van der Waals surface area contributed by atoms with Gasteiger partial charge in [-0.2, -0.15) is 0 Å². The Morgan fingerprint density at radius 2 is 1.72 bits per heavy atom. The zero-order valence-corrected chi connectivity index (χ0v) is 9.58. The number of para-hydroxylation sites is 2. The summed E-state index contributed by atoms with van der Waals surface area (Å²) in [6.45, 7) is 0.340. The summed E-state index contributed by atoms with van der Waals surface area (Å²) in [4.78, 5) is 15.6. The third-order valence-electron chi connectivity index (χ3n) is 2.36. The predicted molar refractivity (Wildman–Crippen MR) is 68.0 cm³/mol. The number of anilines is 1. The highest BCUT2D eigenvalue weighted by Gasteiger charge is 2.11. The normalized spacial score (nSPS) is 10.0. The van der Waals surface area contributed by atoms with Gasteiger partial charge in [-0.3, -0.25) is 20.4 Å². The van der Waals surface area contributed by atoms with Gasteiger partial charge in [0.2, 0.25) is 0 Å². The first-order chi connectivity index (χ1) is 8.77. The monoisotopic (exact) mass is 244 g/mol. The van der Waals surface area contributed by atoms with Crippen molar-refractivity contribution in [2.75, 3.05) is 5.48 Å². The molecule has 0 heterocycles. The number of rotatable bonds is 5. The molecule has 0 radical (unpaired) electrons. The summed E-state index contributed by atoms with van der Waals surface area (Å²) in [6.07, 6.45) is 0. The molecule has 0 aliphatic heterocycles. The van der Waals surface area contributed by atoms with Crippen molar-refractivity contribution in [3.63, 3.8) is 0 Å². The number of nitro groups is 1. The maximum absolute atomic E-state index is 10.8. The van der Waals surface area contributed by atoms with Gasteiger partial charge in [-0.05, 0) is 11.6 Å². The minimum Gasteiger partial charge on any atom is -0.271 e. The molecular formula is C13H12N2O3. The van der Waals surface area contributed by atoms with Gasteiger partial charge in [0.05, 0.1) is 11.5 Å². The van der Waals surface area contributed by atoms with Crippen LogP contribution in [0.1, 0.15) is 5.56 Å². The second-order valence-corrected chi connectivity index (χ2v) is 3.65. The standard InChI is InChI=1S/C13H12N2O3/c16-15(17)13-9-5-4-8-12(13)14-18-10-11-6-2-1-3-7-11/h1-9,14H,10H2. The number of nitrogens with zero attached hydrogens (tertiary/aromatic N) is 1. The first-order valence-corrected chi connectivity index (χ1v) is 5.42. The molecule has 0 saturated heterocycles. The van der Waals surface area contributed by atoms with Crippen LogP contribution in [-0.4, -0.2) is 4.92 Å². The van der Waals surface area contributed by atoms with Crippen molar-refractivity contribution in [2.45, 2.75) is 6.61 Å². The molecule has 0 bridgehead atoms. The summed E-state index contributed by atoms with van der Waals surface area (Å²) < 4.78 is 0. The number of nitro benzene ring substituents is 1. The van der Waals surface area contributed by atoms with E-state index >= 15 is 0 Å². The van der Waals surface area contributed by atoms with Crippen molar-refractivity contribution in [1.82, 2.24) is 0 Å². The summed E-state index contributed by atoms with van der Waals surface area (Å²) in [5, 5.41) is 10.8. The van der Waals surface area contributed by atoms with Crippen LogP contribution >= 0.6 is 0 Å². The fourth-order valence-corrected chi connectivity index (χ4v) is 1.49. The van der Waals surface area contributed by atoms with E-state index in [2.05, 4.69) is 5.48 Å². The highest BCUT2D eigenvalue weighted by molar-refractivity contribution is 5.59. The highest BCUT2D eigenvalue weighted by Crippen LogP contribution is 2.23. The van der Waals surface area contributed by atoms with E-state index in [1.807, 2.05) is 30.3 Å². The van der Waals surface area contributed by atoms with Gasteiger partial charge in [0.15, 0.2) is 0 Å². The van der Waals surface area contributed by atoms with Crippen molar-refractivity contribution in [3.05, 3.63) is 70.3 Å². The van der Waals surface area contributed by atoms with Crippen LogP contribution in [0.2, 0.25) is 0 Å². The average molecular weight is 244 g/mol. The Morgan fingerprint density at radius 3 is 2.44 bits per heavy atom. The molecule has 1 N–H and O–H groups in total. The van der Waals surface area contributed by atoms with Crippen LogP contribution in [0.15, 0.2) is 54.6 Å². The molecule has 5 heteroatoms. The first-order valence-electron chi connectivity index (χ1n) is 5.42. The zero-order valence-electron chi connectivity index (χ0n) is 9.58. The number of hydrogen-bond donors (Lipinski definition) is 1. The molecule has 2 aromatic rings. The Morgan fingerprint density at radius 1 is 1.06 bits per heavy atom. The van der Waals surface area contributed by atoms with Crippen molar-refractivity contribution in [3.8, 4) is 0 Å². The highest BCUT2D eigenvalue weighted by atomic mass is 16.6. The van der Waals surface area contributed by atoms with E-state index in [-0.39, 0.29) is 5.69 Å². The minimum absolute atomic E-state index is 0.00874.